The summed E-state index contributed by atoms with van der Waals surface area (Å²) in [4.78, 5) is 14.7. The highest BCUT2D eigenvalue weighted by Crippen LogP contribution is 2.14. The van der Waals surface area contributed by atoms with Crippen LogP contribution in [0.25, 0.3) is 11.3 Å². The number of methoxy groups -OCH3 is 1. The summed E-state index contributed by atoms with van der Waals surface area (Å²) >= 11 is 0. The van der Waals surface area contributed by atoms with Crippen LogP contribution in [0.15, 0.2) is 64.5 Å². The van der Waals surface area contributed by atoms with Gasteiger partial charge in [0.25, 0.3) is 5.56 Å². The van der Waals surface area contributed by atoms with Gasteiger partial charge in [-0.25, -0.2) is 5.43 Å². The standard InChI is InChI=1S/C17H15N5O2/c1-24-14-10-6-5-9-13(14)11-18-21-17-19-16(23)15(20-22-17)12-7-3-2-4-8-12/h2-11H,1H3,(H2,19,21,22,23)/b18-11+. The summed E-state index contributed by atoms with van der Waals surface area (Å²) in [6, 6.07) is 16.6. The fourth-order valence-corrected chi connectivity index (χ4v) is 2.11. The Hall–Kier alpha value is -3.48. The summed E-state index contributed by atoms with van der Waals surface area (Å²) in [5.74, 6) is 0.855. The zero-order valence-electron chi connectivity index (χ0n) is 12.9. The van der Waals surface area contributed by atoms with Crippen LogP contribution in [-0.2, 0) is 0 Å². The molecule has 120 valence electrons. The van der Waals surface area contributed by atoms with Crippen molar-refractivity contribution in [2.75, 3.05) is 12.5 Å². The van der Waals surface area contributed by atoms with Crippen LogP contribution in [0.1, 0.15) is 5.56 Å². The quantitative estimate of drug-likeness (QED) is 0.555. The predicted octanol–water partition coefficient (Wildman–Crippen LogP) is 2.29. The van der Waals surface area contributed by atoms with Crippen molar-refractivity contribution in [3.05, 3.63) is 70.5 Å². The van der Waals surface area contributed by atoms with E-state index in [2.05, 4.69) is 25.7 Å². The minimum atomic E-state index is -0.341. The number of nitrogens with one attached hydrogen (secondary N) is 2. The zero-order chi connectivity index (χ0) is 16.8. The number of aromatic amines is 1. The molecule has 0 aliphatic heterocycles. The summed E-state index contributed by atoms with van der Waals surface area (Å²) in [6.45, 7) is 0. The molecule has 24 heavy (non-hydrogen) atoms. The van der Waals surface area contributed by atoms with Crippen molar-refractivity contribution >= 4 is 12.2 Å². The normalized spacial score (nSPS) is 10.7. The number of para-hydroxylation sites is 1. The van der Waals surface area contributed by atoms with Crippen molar-refractivity contribution < 1.29 is 4.74 Å². The van der Waals surface area contributed by atoms with E-state index in [4.69, 9.17) is 4.74 Å². The first-order chi connectivity index (χ1) is 11.8. The Balaban J connectivity index is 1.76. The first-order valence-electron chi connectivity index (χ1n) is 7.22. The van der Waals surface area contributed by atoms with Crippen molar-refractivity contribution in [1.82, 2.24) is 15.2 Å². The minimum absolute atomic E-state index is 0.158. The van der Waals surface area contributed by atoms with Gasteiger partial charge in [0.15, 0.2) is 5.69 Å². The van der Waals surface area contributed by atoms with Crippen LogP contribution in [0.4, 0.5) is 5.95 Å². The number of rotatable bonds is 5. The van der Waals surface area contributed by atoms with Gasteiger partial charge in [0.05, 0.1) is 13.3 Å². The molecule has 7 nitrogen and oxygen atoms in total. The van der Waals surface area contributed by atoms with Gasteiger partial charge < -0.3 is 4.74 Å². The molecule has 2 aromatic carbocycles. The predicted molar refractivity (Wildman–Crippen MR) is 92.3 cm³/mol. The van der Waals surface area contributed by atoms with E-state index in [9.17, 15) is 4.79 Å². The molecule has 0 spiro atoms. The van der Waals surface area contributed by atoms with Gasteiger partial charge in [0, 0.05) is 11.1 Å². The number of hydrogen-bond donors (Lipinski definition) is 2. The number of hydrogen-bond acceptors (Lipinski definition) is 6. The van der Waals surface area contributed by atoms with E-state index in [0.29, 0.717) is 11.3 Å². The molecule has 2 N–H and O–H groups in total. The monoisotopic (exact) mass is 321 g/mol. The van der Waals surface area contributed by atoms with Gasteiger partial charge >= 0.3 is 0 Å². The number of anilines is 1. The van der Waals surface area contributed by atoms with E-state index in [1.54, 1.807) is 25.5 Å². The Labute approximate surface area is 138 Å². The second-order valence-electron chi connectivity index (χ2n) is 4.83. The summed E-state index contributed by atoms with van der Waals surface area (Å²) in [6.07, 6.45) is 1.57. The van der Waals surface area contributed by atoms with Crippen molar-refractivity contribution in [2.24, 2.45) is 5.10 Å². The maximum absolute atomic E-state index is 12.1. The molecular formula is C17H15N5O2. The molecule has 0 amide bonds. The summed E-state index contributed by atoms with van der Waals surface area (Å²) in [5.41, 5.74) is 4.07. The van der Waals surface area contributed by atoms with Crippen LogP contribution in [0.5, 0.6) is 5.75 Å². The van der Waals surface area contributed by atoms with E-state index in [-0.39, 0.29) is 17.2 Å². The molecule has 0 radical (unpaired) electrons. The van der Waals surface area contributed by atoms with Gasteiger partial charge in [0.1, 0.15) is 5.75 Å². The summed E-state index contributed by atoms with van der Waals surface area (Å²) in [7, 11) is 1.59. The first-order valence-corrected chi connectivity index (χ1v) is 7.22. The van der Waals surface area contributed by atoms with Crippen LogP contribution >= 0.6 is 0 Å². The lowest BCUT2D eigenvalue weighted by Gasteiger charge is -2.03. The van der Waals surface area contributed by atoms with Gasteiger partial charge in [-0.3, -0.25) is 9.78 Å². The molecule has 3 rings (SSSR count). The van der Waals surface area contributed by atoms with Crippen LogP contribution in [0, 0.1) is 0 Å². The van der Waals surface area contributed by atoms with Gasteiger partial charge in [-0.1, -0.05) is 42.5 Å². The smallest absolute Gasteiger partial charge is 0.279 e. The Morgan fingerprint density at radius 2 is 1.83 bits per heavy atom. The van der Waals surface area contributed by atoms with Crippen LogP contribution < -0.4 is 15.7 Å². The van der Waals surface area contributed by atoms with E-state index in [0.717, 1.165) is 5.56 Å². The topological polar surface area (TPSA) is 92.3 Å². The molecular weight excluding hydrogens is 306 g/mol. The third kappa shape index (κ3) is 3.46. The number of benzene rings is 2. The Kier molecular flexibility index (Phi) is 4.62. The fourth-order valence-electron chi connectivity index (χ4n) is 2.11. The van der Waals surface area contributed by atoms with Gasteiger partial charge in [-0.2, -0.15) is 5.10 Å². The van der Waals surface area contributed by atoms with E-state index in [1.165, 1.54) is 0 Å². The van der Waals surface area contributed by atoms with Crippen molar-refractivity contribution in [2.45, 2.75) is 0 Å². The average Bonchev–Trinajstić information content (AvgIpc) is 2.63. The molecule has 0 aliphatic rings. The second kappa shape index (κ2) is 7.19. The van der Waals surface area contributed by atoms with Crippen molar-refractivity contribution in [1.29, 1.82) is 0 Å². The molecule has 0 bridgehead atoms. The molecule has 1 heterocycles. The molecule has 0 fully saturated rings. The molecule has 0 aliphatic carbocycles. The molecule has 0 saturated carbocycles. The van der Waals surface area contributed by atoms with E-state index in [1.807, 2.05) is 42.5 Å². The minimum Gasteiger partial charge on any atom is -0.496 e. The number of hydrazone groups is 1. The molecule has 0 unspecified atom stereocenters. The number of H-pyrrole nitrogens is 1. The third-order valence-corrected chi connectivity index (χ3v) is 3.26. The van der Waals surface area contributed by atoms with Crippen LogP contribution in [0.3, 0.4) is 0 Å². The van der Waals surface area contributed by atoms with E-state index < -0.39 is 0 Å². The lowest BCUT2D eigenvalue weighted by Crippen LogP contribution is -2.15. The molecule has 0 saturated heterocycles. The van der Waals surface area contributed by atoms with E-state index >= 15 is 0 Å². The van der Waals surface area contributed by atoms with Crippen molar-refractivity contribution in [3.8, 4) is 17.0 Å². The lowest BCUT2D eigenvalue weighted by atomic mass is 10.2. The Bertz CT molecular complexity index is 906. The summed E-state index contributed by atoms with van der Waals surface area (Å²) < 4.78 is 5.23. The van der Waals surface area contributed by atoms with Crippen molar-refractivity contribution in [3.63, 3.8) is 0 Å². The highest BCUT2D eigenvalue weighted by molar-refractivity contribution is 5.83. The maximum Gasteiger partial charge on any atom is 0.279 e. The number of aromatic nitrogens is 3. The largest absolute Gasteiger partial charge is 0.496 e. The number of nitrogens with zero attached hydrogens (tertiary/aromatic N) is 3. The molecule has 1 aromatic heterocycles. The molecule has 7 heteroatoms. The summed E-state index contributed by atoms with van der Waals surface area (Å²) in [5, 5.41) is 11.9. The highest BCUT2D eigenvalue weighted by Gasteiger charge is 2.06. The third-order valence-electron chi connectivity index (χ3n) is 3.26. The highest BCUT2D eigenvalue weighted by atomic mass is 16.5. The number of ether oxygens (including phenoxy) is 1. The molecule has 3 aromatic rings. The second-order valence-corrected chi connectivity index (χ2v) is 4.83. The van der Waals surface area contributed by atoms with Crippen LogP contribution in [0.2, 0.25) is 0 Å². The van der Waals surface area contributed by atoms with Gasteiger partial charge in [0.2, 0.25) is 5.95 Å². The first kappa shape index (κ1) is 15.4. The van der Waals surface area contributed by atoms with Crippen LogP contribution in [-0.4, -0.2) is 28.5 Å². The van der Waals surface area contributed by atoms with Gasteiger partial charge in [-0.05, 0) is 12.1 Å². The zero-order valence-corrected chi connectivity index (χ0v) is 12.9. The average molecular weight is 321 g/mol. The maximum atomic E-state index is 12.1. The SMILES string of the molecule is COc1ccccc1/C=N/Nc1nnc(-c2ccccc2)c(=O)[nH]1. The fraction of sp³-hybridized carbons (Fsp3) is 0.0588. The Morgan fingerprint density at radius 1 is 1.08 bits per heavy atom. The van der Waals surface area contributed by atoms with Gasteiger partial charge in [-0.15, -0.1) is 10.2 Å². The lowest BCUT2D eigenvalue weighted by molar-refractivity contribution is 0.414. The molecule has 0 atom stereocenters. The Morgan fingerprint density at radius 3 is 2.58 bits per heavy atom.